The molecule has 1 amide bonds. The lowest BCUT2D eigenvalue weighted by Crippen LogP contribution is -2.36. The number of halogens is 3. The number of ether oxygens (including phenoxy) is 1. The maximum Gasteiger partial charge on any atom is 0.449 e. The van der Waals surface area contributed by atoms with Crippen molar-refractivity contribution in [1.29, 1.82) is 5.26 Å². The third-order valence-electron chi connectivity index (χ3n) is 4.37. The number of carbonyl (C=O) groups excluding carboxylic acids is 2. The van der Waals surface area contributed by atoms with Crippen molar-refractivity contribution < 1.29 is 27.5 Å². The van der Waals surface area contributed by atoms with E-state index in [1.165, 1.54) is 29.2 Å². The number of carbonyl (C=O) groups is 2. The summed E-state index contributed by atoms with van der Waals surface area (Å²) < 4.78 is 45.7. The minimum atomic E-state index is -4.77. The second-order valence-corrected chi connectivity index (χ2v) is 6.46. The van der Waals surface area contributed by atoms with Crippen molar-refractivity contribution in [2.45, 2.75) is 19.1 Å². The van der Waals surface area contributed by atoms with Gasteiger partial charge in [-0.25, -0.2) is 4.98 Å². The van der Waals surface area contributed by atoms with Crippen LogP contribution in [0.3, 0.4) is 0 Å². The maximum absolute atomic E-state index is 13.3. The van der Waals surface area contributed by atoms with Gasteiger partial charge in [0.1, 0.15) is 6.54 Å². The summed E-state index contributed by atoms with van der Waals surface area (Å²) in [4.78, 5) is 29.6. The van der Waals surface area contributed by atoms with E-state index >= 15 is 0 Å². The zero-order valence-electron chi connectivity index (χ0n) is 16.2. The number of hydrogen-bond donors (Lipinski definition) is 0. The van der Waals surface area contributed by atoms with Gasteiger partial charge < -0.3 is 14.2 Å². The Morgan fingerprint density at radius 3 is 2.45 bits per heavy atom. The van der Waals surface area contributed by atoms with Gasteiger partial charge in [-0.2, -0.15) is 18.4 Å². The van der Waals surface area contributed by atoms with E-state index in [2.05, 4.69) is 4.98 Å². The minimum Gasteiger partial charge on any atom is -0.454 e. The van der Waals surface area contributed by atoms with Crippen molar-refractivity contribution in [2.24, 2.45) is 0 Å². The van der Waals surface area contributed by atoms with Crippen LogP contribution in [-0.4, -0.2) is 34.6 Å². The average Bonchev–Trinajstić information content (AvgIpc) is 3.12. The first-order valence-electron chi connectivity index (χ1n) is 9.21. The molecule has 0 fully saturated rings. The van der Waals surface area contributed by atoms with Gasteiger partial charge in [-0.15, -0.1) is 0 Å². The molecule has 3 rings (SSSR count). The molecule has 0 unspecified atom stereocenters. The molecule has 0 aliphatic carbocycles. The molecule has 0 bridgehead atoms. The number of nitriles is 1. The summed E-state index contributed by atoms with van der Waals surface area (Å²) in [7, 11) is 0. The number of fused-ring (bicyclic) bond motifs is 1. The summed E-state index contributed by atoms with van der Waals surface area (Å²) in [6, 6.07) is 16.3. The molecule has 0 spiro atoms. The van der Waals surface area contributed by atoms with Crippen LogP contribution in [-0.2, 0) is 27.0 Å². The molecule has 10 heteroatoms. The predicted octanol–water partition coefficient (Wildman–Crippen LogP) is 3.55. The van der Waals surface area contributed by atoms with Gasteiger partial charge >= 0.3 is 12.1 Å². The van der Waals surface area contributed by atoms with Gasteiger partial charge in [0.25, 0.3) is 5.91 Å². The third-order valence-corrected chi connectivity index (χ3v) is 4.37. The highest BCUT2D eigenvalue weighted by molar-refractivity contribution is 5.95. The van der Waals surface area contributed by atoms with E-state index in [4.69, 9.17) is 10.00 Å². The predicted molar refractivity (Wildman–Crippen MR) is 105 cm³/mol. The zero-order valence-corrected chi connectivity index (χ0v) is 16.2. The summed E-state index contributed by atoms with van der Waals surface area (Å²) in [5, 5.41) is 8.81. The number of imidazole rings is 1. The number of benzene rings is 2. The molecule has 160 valence electrons. The molecule has 2 aromatic carbocycles. The monoisotopic (exact) mass is 430 g/mol. The Morgan fingerprint density at radius 2 is 1.77 bits per heavy atom. The summed E-state index contributed by atoms with van der Waals surface area (Å²) in [6.45, 7) is -1.35. The number of rotatable bonds is 7. The molecule has 31 heavy (non-hydrogen) atoms. The van der Waals surface area contributed by atoms with Crippen molar-refractivity contribution in [3.8, 4) is 6.07 Å². The third kappa shape index (κ3) is 5.19. The quantitative estimate of drug-likeness (QED) is 0.535. The minimum absolute atomic E-state index is 0.0601. The smallest absolute Gasteiger partial charge is 0.449 e. The number of amides is 1. The topological polar surface area (TPSA) is 88.2 Å². The van der Waals surface area contributed by atoms with Crippen LogP contribution in [0.4, 0.5) is 18.9 Å². The van der Waals surface area contributed by atoms with E-state index in [0.717, 1.165) is 0 Å². The fourth-order valence-corrected chi connectivity index (χ4v) is 3.01. The normalized spacial score (nSPS) is 11.2. The van der Waals surface area contributed by atoms with Crippen molar-refractivity contribution in [3.05, 3.63) is 60.4 Å². The zero-order chi connectivity index (χ0) is 22.4. The first-order chi connectivity index (χ1) is 14.8. The second-order valence-electron chi connectivity index (χ2n) is 6.46. The van der Waals surface area contributed by atoms with Gasteiger partial charge in [0.05, 0.1) is 23.5 Å². The number of alkyl halides is 3. The van der Waals surface area contributed by atoms with Gasteiger partial charge in [0.15, 0.2) is 6.61 Å². The Bertz CT molecular complexity index is 1120. The fourth-order valence-electron chi connectivity index (χ4n) is 3.01. The van der Waals surface area contributed by atoms with Crippen LogP contribution < -0.4 is 4.90 Å². The number of anilines is 1. The van der Waals surface area contributed by atoms with E-state index < -0.39 is 37.0 Å². The van der Waals surface area contributed by atoms with Crippen LogP contribution in [0.5, 0.6) is 0 Å². The molecule has 3 aromatic rings. The molecule has 1 heterocycles. The van der Waals surface area contributed by atoms with E-state index in [-0.39, 0.29) is 24.0 Å². The number of nitrogens with zero attached hydrogens (tertiary/aromatic N) is 4. The van der Waals surface area contributed by atoms with Gasteiger partial charge in [-0.1, -0.05) is 30.3 Å². The molecule has 0 aliphatic rings. The molecule has 0 atom stereocenters. The Labute approximate surface area is 175 Å². The average molecular weight is 430 g/mol. The highest BCUT2D eigenvalue weighted by atomic mass is 19.4. The molecule has 0 radical (unpaired) electrons. The maximum atomic E-state index is 13.3. The summed E-state index contributed by atoms with van der Waals surface area (Å²) in [5.41, 5.74) is 0.724. The highest BCUT2D eigenvalue weighted by Gasteiger charge is 2.38. The Kier molecular flexibility index (Phi) is 6.55. The first-order valence-corrected chi connectivity index (χ1v) is 9.21. The van der Waals surface area contributed by atoms with Gasteiger partial charge in [-0.05, 0) is 24.3 Å². The van der Waals surface area contributed by atoms with Crippen LogP contribution in [0.15, 0.2) is 54.6 Å². The van der Waals surface area contributed by atoms with E-state index in [9.17, 15) is 22.8 Å². The second kappa shape index (κ2) is 9.30. The van der Waals surface area contributed by atoms with Crippen molar-refractivity contribution >= 4 is 28.6 Å². The van der Waals surface area contributed by atoms with E-state index in [1.54, 1.807) is 30.3 Å². The van der Waals surface area contributed by atoms with E-state index in [0.29, 0.717) is 10.3 Å². The standard InChI is InChI=1S/C21H17F3N4O3/c22-21(23,24)20-26-16-9-4-5-10-17(16)28(20)13-19(30)31-14-18(29)27(12-6-11-25)15-7-2-1-3-8-15/h1-5,7-10H,6,12-14H2. The number of para-hydroxylation sites is 3. The fraction of sp³-hybridized carbons (Fsp3) is 0.238. The van der Waals surface area contributed by atoms with Crippen molar-refractivity contribution in [2.75, 3.05) is 18.1 Å². The van der Waals surface area contributed by atoms with Crippen LogP contribution in [0, 0.1) is 11.3 Å². The number of esters is 1. The lowest BCUT2D eigenvalue weighted by atomic mass is 10.2. The van der Waals surface area contributed by atoms with Gasteiger partial charge in [0, 0.05) is 12.2 Å². The molecule has 0 saturated carbocycles. The van der Waals surface area contributed by atoms with Gasteiger partial charge in [-0.3, -0.25) is 9.59 Å². The Hall–Kier alpha value is -3.87. The molecule has 0 saturated heterocycles. The number of hydrogen-bond acceptors (Lipinski definition) is 5. The lowest BCUT2D eigenvalue weighted by molar-refractivity contribution is -0.152. The van der Waals surface area contributed by atoms with E-state index in [1.807, 2.05) is 6.07 Å². The van der Waals surface area contributed by atoms with Crippen molar-refractivity contribution in [3.63, 3.8) is 0 Å². The highest BCUT2D eigenvalue weighted by Crippen LogP contribution is 2.31. The summed E-state index contributed by atoms with van der Waals surface area (Å²) in [6.07, 6.45) is -4.71. The lowest BCUT2D eigenvalue weighted by Gasteiger charge is -2.21. The molecule has 0 N–H and O–H groups in total. The Balaban J connectivity index is 1.73. The number of aromatic nitrogens is 2. The van der Waals surface area contributed by atoms with Crippen molar-refractivity contribution in [1.82, 2.24) is 9.55 Å². The van der Waals surface area contributed by atoms with Crippen LogP contribution >= 0.6 is 0 Å². The Morgan fingerprint density at radius 1 is 1.10 bits per heavy atom. The van der Waals surface area contributed by atoms with Gasteiger partial charge in [0.2, 0.25) is 5.82 Å². The first kappa shape index (κ1) is 21.8. The molecule has 0 aliphatic heterocycles. The summed E-state index contributed by atoms with van der Waals surface area (Å²) in [5.74, 6) is -2.84. The van der Waals surface area contributed by atoms with Crippen LogP contribution in [0.1, 0.15) is 12.2 Å². The largest absolute Gasteiger partial charge is 0.454 e. The van der Waals surface area contributed by atoms with Crippen LogP contribution in [0.25, 0.3) is 11.0 Å². The van der Waals surface area contributed by atoms with Crippen LogP contribution in [0.2, 0.25) is 0 Å². The molecular weight excluding hydrogens is 413 g/mol. The molecule has 7 nitrogen and oxygen atoms in total. The summed E-state index contributed by atoms with van der Waals surface area (Å²) >= 11 is 0. The SMILES string of the molecule is N#CCCN(C(=O)COC(=O)Cn1c(C(F)(F)F)nc2ccccc21)c1ccccc1. The molecular formula is C21H17F3N4O3. The molecule has 1 aromatic heterocycles.